The monoisotopic (exact) mass is 260 g/mol. The van der Waals surface area contributed by atoms with E-state index in [9.17, 15) is 8.42 Å². The first-order chi connectivity index (χ1) is 8.11. The molecule has 1 atom stereocenters. The van der Waals surface area contributed by atoms with Crippen molar-refractivity contribution in [3.8, 4) is 0 Å². The van der Waals surface area contributed by atoms with Gasteiger partial charge in [-0.25, -0.2) is 8.42 Å². The van der Waals surface area contributed by atoms with Crippen LogP contribution in [0.2, 0.25) is 0 Å². The summed E-state index contributed by atoms with van der Waals surface area (Å²) in [7, 11) is -0.711. The summed E-state index contributed by atoms with van der Waals surface area (Å²) >= 11 is 0. The zero-order valence-electron chi connectivity index (χ0n) is 10.7. The van der Waals surface area contributed by atoms with Crippen LogP contribution in [-0.2, 0) is 9.84 Å². The van der Waals surface area contributed by atoms with Crippen molar-refractivity contribution in [2.45, 2.75) is 31.7 Å². The summed E-state index contributed by atoms with van der Waals surface area (Å²) in [6, 6.07) is 0.512. The molecule has 2 saturated heterocycles. The molecular formula is C12H24N2O2S. The summed E-state index contributed by atoms with van der Waals surface area (Å²) in [5.41, 5.74) is 0. The van der Waals surface area contributed by atoms with Crippen LogP contribution in [0.1, 0.15) is 25.7 Å². The summed E-state index contributed by atoms with van der Waals surface area (Å²) in [4.78, 5) is 2.53. The topological polar surface area (TPSA) is 49.4 Å². The molecule has 0 amide bonds. The summed E-state index contributed by atoms with van der Waals surface area (Å²) in [5.74, 6) is 1.53. The number of hydrogen-bond acceptors (Lipinski definition) is 4. The summed E-state index contributed by atoms with van der Waals surface area (Å²) in [5, 5.41) is 3.25. The number of nitrogens with zero attached hydrogens (tertiary/aromatic N) is 1. The Labute approximate surface area is 105 Å². The van der Waals surface area contributed by atoms with Crippen LogP contribution in [0.5, 0.6) is 0 Å². The van der Waals surface area contributed by atoms with E-state index in [1.165, 1.54) is 12.8 Å². The molecule has 0 aromatic carbocycles. The second-order valence-corrected chi connectivity index (χ2v) is 7.75. The van der Waals surface area contributed by atoms with Crippen LogP contribution in [0.25, 0.3) is 0 Å². The SMILES string of the molecule is CNCC1CCCN(C2CCS(=O)(=O)CC2)C1. The van der Waals surface area contributed by atoms with Crippen molar-refractivity contribution in [3.05, 3.63) is 0 Å². The van der Waals surface area contributed by atoms with Gasteiger partial charge in [-0.2, -0.15) is 0 Å². The molecule has 1 N–H and O–H groups in total. The van der Waals surface area contributed by atoms with Gasteiger partial charge in [0, 0.05) is 12.6 Å². The average Bonchev–Trinajstić information content (AvgIpc) is 2.30. The molecule has 17 heavy (non-hydrogen) atoms. The molecule has 1 unspecified atom stereocenters. The van der Waals surface area contributed by atoms with Gasteiger partial charge in [-0.3, -0.25) is 4.90 Å². The van der Waals surface area contributed by atoms with Crippen molar-refractivity contribution in [1.82, 2.24) is 10.2 Å². The van der Waals surface area contributed by atoms with Gasteiger partial charge >= 0.3 is 0 Å². The van der Waals surface area contributed by atoms with E-state index in [-0.39, 0.29) is 0 Å². The molecule has 2 heterocycles. The lowest BCUT2D eigenvalue weighted by Crippen LogP contribution is -2.47. The highest BCUT2D eigenvalue weighted by atomic mass is 32.2. The third-order valence-electron chi connectivity index (χ3n) is 4.08. The van der Waals surface area contributed by atoms with Crippen molar-refractivity contribution < 1.29 is 8.42 Å². The number of sulfone groups is 1. The fourth-order valence-corrected chi connectivity index (χ4v) is 4.59. The van der Waals surface area contributed by atoms with E-state index in [2.05, 4.69) is 10.2 Å². The second kappa shape index (κ2) is 5.67. The smallest absolute Gasteiger partial charge is 0.150 e. The van der Waals surface area contributed by atoms with Gasteiger partial charge in [0.15, 0.2) is 0 Å². The fourth-order valence-electron chi connectivity index (χ4n) is 3.13. The maximum Gasteiger partial charge on any atom is 0.150 e. The molecule has 4 nitrogen and oxygen atoms in total. The largest absolute Gasteiger partial charge is 0.319 e. The molecule has 0 aromatic heterocycles. The molecule has 2 aliphatic rings. The Morgan fingerprint density at radius 3 is 2.59 bits per heavy atom. The van der Waals surface area contributed by atoms with E-state index in [1.807, 2.05) is 7.05 Å². The van der Waals surface area contributed by atoms with Crippen molar-refractivity contribution >= 4 is 9.84 Å². The van der Waals surface area contributed by atoms with Crippen molar-refractivity contribution in [2.75, 3.05) is 38.2 Å². The molecule has 0 bridgehead atoms. The van der Waals surface area contributed by atoms with Crippen LogP contribution in [0.15, 0.2) is 0 Å². The minimum atomic E-state index is -2.72. The van der Waals surface area contributed by atoms with Crippen LogP contribution >= 0.6 is 0 Å². The molecule has 0 spiro atoms. The van der Waals surface area contributed by atoms with Crippen molar-refractivity contribution in [3.63, 3.8) is 0 Å². The summed E-state index contributed by atoms with van der Waals surface area (Å²) < 4.78 is 22.8. The predicted molar refractivity (Wildman–Crippen MR) is 69.9 cm³/mol. The molecule has 0 radical (unpaired) electrons. The van der Waals surface area contributed by atoms with Gasteiger partial charge < -0.3 is 5.32 Å². The minimum absolute atomic E-state index is 0.394. The van der Waals surface area contributed by atoms with Gasteiger partial charge in [0.05, 0.1) is 11.5 Å². The third-order valence-corrected chi connectivity index (χ3v) is 5.80. The Hall–Kier alpha value is -0.130. The van der Waals surface area contributed by atoms with E-state index >= 15 is 0 Å². The number of piperidine rings is 1. The molecule has 5 heteroatoms. The number of rotatable bonds is 3. The second-order valence-electron chi connectivity index (χ2n) is 5.44. The highest BCUT2D eigenvalue weighted by Gasteiger charge is 2.30. The van der Waals surface area contributed by atoms with Crippen molar-refractivity contribution in [1.29, 1.82) is 0 Å². The van der Waals surface area contributed by atoms with Gasteiger partial charge in [-0.15, -0.1) is 0 Å². The van der Waals surface area contributed by atoms with Crippen LogP contribution in [0, 0.1) is 5.92 Å². The Bertz CT molecular complexity index is 326. The molecule has 0 aromatic rings. The molecule has 0 aliphatic carbocycles. The van der Waals surface area contributed by atoms with Crippen LogP contribution in [-0.4, -0.2) is 57.5 Å². The number of likely N-dealkylation sites (tertiary alicyclic amines) is 1. The predicted octanol–water partition coefficient (Wildman–Crippen LogP) is 0.495. The zero-order chi connectivity index (χ0) is 12.3. The van der Waals surface area contributed by atoms with Gasteiger partial charge in [0.25, 0.3) is 0 Å². The first-order valence-electron chi connectivity index (χ1n) is 6.70. The van der Waals surface area contributed by atoms with Gasteiger partial charge in [-0.1, -0.05) is 0 Å². The van der Waals surface area contributed by atoms with E-state index in [0.29, 0.717) is 17.5 Å². The van der Waals surface area contributed by atoms with Crippen molar-refractivity contribution in [2.24, 2.45) is 5.92 Å². The highest BCUT2D eigenvalue weighted by Crippen LogP contribution is 2.24. The molecule has 0 saturated carbocycles. The Balaban J connectivity index is 1.86. The van der Waals surface area contributed by atoms with Crippen LogP contribution in [0.4, 0.5) is 0 Å². The molecular weight excluding hydrogens is 236 g/mol. The molecule has 2 fully saturated rings. The maximum absolute atomic E-state index is 11.4. The average molecular weight is 260 g/mol. The quantitative estimate of drug-likeness (QED) is 0.802. The van der Waals surface area contributed by atoms with E-state index in [4.69, 9.17) is 0 Å². The highest BCUT2D eigenvalue weighted by molar-refractivity contribution is 7.91. The Morgan fingerprint density at radius 2 is 1.94 bits per heavy atom. The number of hydrogen-bond donors (Lipinski definition) is 1. The van der Waals surface area contributed by atoms with E-state index < -0.39 is 9.84 Å². The molecule has 2 rings (SSSR count). The first kappa shape index (κ1) is 13.3. The lowest BCUT2D eigenvalue weighted by molar-refractivity contribution is 0.115. The standard InChI is InChI=1S/C12H24N2O2S/c1-13-9-11-3-2-6-14(10-11)12-4-7-17(15,16)8-5-12/h11-13H,2-10H2,1H3. The Morgan fingerprint density at radius 1 is 1.24 bits per heavy atom. The lowest BCUT2D eigenvalue weighted by Gasteiger charge is -2.39. The zero-order valence-corrected chi connectivity index (χ0v) is 11.5. The van der Waals surface area contributed by atoms with E-state index in [1.54, 1.807) is 0 Å². The lowest BCUT2D eigenvalue weighted by atomic mass is 9.95. The molecule has 100 valence electrons. The minimum Gasteiger partial charge on any atom is -0.319 e. The first-order valence-corrected chi connectivity index (χ1v) is 8.52. The van der Waals surface area contributed by atoms with Gasteiger partial charge in [-0.05, 0) is 51.7 Å². The fraction of sp³-hybridized carbons (Fsp3) is 1.00. The van der Waals surface area contributed by atoms with Gasteiger partial charge in [0.2, 0.25) is 0 Å². The summed E-state index contributed by atoms with van der Waals surface area (Å²) in [6.07, 6.45) is 4.25. The maximum atomic E-state index is 11.4. The Kier molecular flexibility index (Phi) is 4.44. The summed E-state index contributed by atoms with van der Waals surface area (Å²) in [6.45, 7) is 3.39. The van der Waals surface area contributed by atoms with Crippen LogP contribution in [0.3, 0.4) is 0 Å². The van der Waals surface area contributed by atoms with Gasteiger partial charge in [0.1, 0.15) is 9.84 Å². The van der Waals surface area contributed by atoms with E-state index in [0.717, 1.165) is 38.4 Å². The third kappa shape index (κ3) is 3.66. The van der Waals surface area contributed by atoms with Crippen LogP contribution < -0.4 is 5.32 Å². The number of nitrogens with one attached hydrogen (secondary N) is 1. The molecule has 2 aliphatic heterocycles. The normalized spacial score (nSPS) is 31.5.